The molecule has 2 N–H and O–H groups in total. The molecule has 100 valence electrons. The number of anilines is 1. The lowest BCUT2D eigenvalue weighted by Gasteiger charge is -2.27. The molecule has 2 rings (SSSR count). The van der Waals surface area contributed by atoms with E-state index in [9.17, 15) is 5.11 Å². The topological polar surface area (TPSA) is 41.5 Å². The summed E-state index contributed by atoms with van der Waals surface area (Å²) in [6.45, 7) is 1.96. The Labute approximate surface area is 113 Å². The van der Waals surface area contributed by atoms with Crippen molar-refractivity contribution in [1.29, 1.82) is 0 Å². The molecule has 0 spiro atoms. The van der Waals surface area contributed by atoms with Crippen LogP contribution in [0.5, 0.6) is 5.75 Å². The largest absolute Gasteiger partial charge is 0.495 e. The number of rotatable bonds is 3. The van der Waals surface area contributed by atoms with E-state index in [0.29, 0.717) is 6.04 Å². The maximum atomic E-state index is 9.50. The highest BCUT2D eigenvalue weighted by atomic mass is 35.5. The van der Waals surface area contributed by atoms with Crippen LogP contribution in [-0.2, 0) is 0 Å². The summed E-state index contributed by atoms with van der Waals surface area (Å²) in [7, 11) is 1.67. The SMILES string of the molecule is COc1cc(C)c(Cl)cc1NC1CCC(O)CC1. The lowest BCUT2D eigenvalue weighted by molar-refractivity contribution is 0.126. The lowest BCUT2D eigenvalue weighted by Crippen LogP contribution is -2.28. The van der Waals surface area contributed by atoms with E-state index in [4.69, 9.17) is 16.3 Å². The number of aliphatic hydroxyl groups is 1. The van der Waals surface area contributed by atoms with E-state index in [1.54, 1.807) is 7.11 Å². The van der Waals surface area contributed by atoms with Crippen LogP contribution < -0.4 is 10.1 Å². The van der Waals surface area contributed by atoms with Gasteiger partial charge in [-0.15, -0.1) is 0 Å². The second-order valence-electron chi connectivity index (χ2n) is 4.95. The summed E-state index contributed by atoms with van der Waals surface area (Å²) in [6, 6.07) is 4.25. The molecule has 18 heavy (non-hydrogen) atoms. The van der Waals surface area contributed by atoms with Crippen LogP contribution in [0.15, 0.2) is 12.1 Å². The molecular weight excluding hydrogens is 250 g/mol. The van der Waals surface area contributed by atoms with Gasteiger partial charge in [0.2, 0.25) is 0 Å². The Morgan fingerprint density at radius 2 is 1.94 bits per heavy atom. The highest BCUT2D eigenvalue weighted by Gasteiger charge is 2.20. The number of benzene rings is 1. The van der Waals surface area contributed by atoms with Crippen molar-refractivity contribution in [2.75, 3.05) is 12.4 Å². The van der Waals surface area contributed by atoms with Gasteiger partial charge in [-0.05, 0) is 50.3 Å². The highest BCUT2D eigenvalue weighted by Crippen LogP contribution is 2.33. The van der Waals surface area contributed by atoms with Crippen LogP contribution in [0.4, 0.5) is 5.69 Å². The second kappa shape index (κ2) is 5.81. The van der Waals surface area contributed by atoms with E-state index in [0.717, 1.165) is 47.7 Å². The van der Waals surface area contributed by atoms with Crippen molar-refractivity contribution in [2.24, 2.45) is 0 Å². The third kappa shape index (κ3) is 3.09. The molecule has 1 fully saturated rings. The van der Waals surface area contributed by atoms with Gasteiger partial charge >= 0.3 is 0 Å². The van der Waals surface area contributed by atoms with Gasteiger partial charge in [0.25, 0.3) is 0 Å². The van der Waals surface area contributed by atoms with Gasteiger partial charge < -0.3 is 15.2 Å². The molecule has 1 saturated carbocycles. The molecule has 0 aliphatic heterocycles. The summed E-state index contributed by atoms with van der Waals surface area (Å²) in [6.07, 6.45) is 3.55. The number of hydrogen-bond donors (Lipinski definition) is 2. The van der Waals surface area contributed by atoms with Crippen LogP contribution in [0.25, 0.3) is 0 Å². The average molecular weight is 270 g/mol. The van der Waals surface area contributed by atoms with E-state index in [2.05, 4.69) is 5.32 Å². The highest BCUT2D eigenvalue weighted by molar-refractivity contribution is 6.31. The molecule has 0 aromatic heterocycles. The fraction of sp³-hybridized carbons (Fsp3) is 0.571. The average Bonchev–Trinajstić information content (AvgIpc) is 2.36. The Morgan fingerprint density at radius 3 is 2.56 bits per heavy atom. The molecule has 1 aromatic carbocycles. The van der Waals surface area contributed by atoms with Gasteiger partial charge in [0.05, 0.1) is 18.9 Å². The summed E-state index contributed by atoms with van der Waals surface area (Å²) >= 11 is 6.15. The predicted octanol–water partition coefficient (Wildman–Crippen LogP) is 3.37. The summed E-state index contributed by atoms with van der Waals surface area (Å²) in [5.41, 5.74) is 1.95. The standard InChI is InChI=1S/C14H20ClNO2/c1-9-7-14(18-2)13(8-12(9)15)16-10-3-5-11(17)6-4-10/h7-8,10-11,16-17H,3-6H2,1-2H3. The molecule has 4 heteroatoms. The van der Waals surface area contributed by atoms with Crippen molar-refractivity contribution in [2.45, 2.75) is 44.8 Å². The first kappa shape index (κ1) is 13.5. The smallest absolute Gasteiger partial charge is 0.142 e. The quantitative estimate of drug-likeness (QED) is 0.884. The summed E-state index contributed by atoms with van der Waals surface area (Å²) in [5, 5.41) is 13.7. The molecule has 1 aliphatic rings. The Balaban J connectivity index is 2.10. The maximum absolute atomic E-state index is 9.50. The van der Waals surface area contributed by atoms with Crippen LogP contribution in [-0.4, -0.2) is 24.4 Å². The zero-order valence-electron chi connectivity index (χ0n) is 10.9. The fourth-order valence-electron chi connectivity index (χ4n) is 2.38. The van der Waals surface area contributed by atoms with Crippen LogP contribution >= 0.6 is 11.6 Å². The fourth-order valence-corrected chi connectivity index (χ4v) is 2.54. The maximum Gasteiger partial charge on any atom is 0.142 e. The van der Waals surface area contributed by atoms with Crippen molar-refractivity contribution in [3.05, 3.63) is 22.7 Å². The number of hydrogen-bond acceptors (Lipinski definition) is 3. The van der Waals surface area contributed by atoms with Gasteiger partial charge in [0, 0.05) is 11.1 Å². The molecular formula is C14H20ClNO2. The minimum Gasteiger partial charge on any atom is -0.495 e. The molecule has 0 bridgehead atoms. The Bertz CT molecular complexity index is 415. The van der Waals surface area contributed by atoms with Gasteiger partial charge in [-0.3, -0.25) is 0 Å². The Kier molecular flexibility index (Phi) is 4.36. The van der Waals surface area contributed by atoms with E-state index in [1.165, 1.54) is 0 Å². The number of halogens is 1. The van der Waals surface area contributed by atoms with Crippen molar-refractivity contribution in [3.63, 3.8) is 0 Å². The third-order valence-electron chi connectivity index (χ3n) is 3.54. The van der Waals surface area contributed by atoms with Crippen molar-refractivity contribution in [1.82, 2.24) is 0 Å². The molecule has 0 unspecified atom stereocenters. The van der Waals surface area contributed by atoms with Crippen LogP contribution in [0.1, 0.15) is 31.2 Å². The van der Waals surface area contributed by atoms with Gasteiger partial charge in [-0.2, -0.15) is 0 Å². The molecule has 1 aliphatic carbocycles. The number of ether oxygens (including phenoxy) is 1. The van der Waals surface area contributed by atoms with E-state index >= 15 is 0 Å². The van der Waals surface area contributed by atoms with E-state index < -0.39 is 0 Å². The summed E-state index contributed by atoms with van der Waals surface area (Å²) in [5.74, 6) is 0.822. The molecule has 0 amide bonds. The number of aliphatic hydroxyl groups excluding tert-OH is 1. The van der Waals surface area contributed by atoms with Gasteiger partial charge in [-0.1, -0.05) is 11.6 Å². The van der Waals surface area contributed by atoms with Crippen LogP contribution in [0.3, 0.4) is 0 Å². The zero-order chi connectivity index (χ0) is 13.1. The predicted molar refractivity (Wildman–Crippen MR) is 74.6 cm³/mol. The number of aryl methyl sites for hydroxylation is 1. The molecule has 3 nitrogen and oxygen atoms in total. The first-order chi connectivity index (χ1) is 8.60. The number of methoxy groups -OCH3 is 1. The van der Waals surface area contributed by atoms with Crippen molar-refractivity contribution >= 4 is 17.3 Å². The molecule has 0 atom stereocenters. The molecule has 1 aromatic rings. The Hall–Kier alpha value is -0.930. The lowest BCUT2D eigenvalue weighted by atomic mass is 9.93. The van der Waals surface area contributed by atoms with E-state index in [-0.39, 0.29) is 6.10 Å². The van der Waals surface area contributed by atoms with Gasteiger partial charge in [0.1, 0.15) is 5.75 Å². The molecule has 0 heterocycles. The summed E-state index contributed by atoms with van der Waals surface area (Å²) in [4.78, 5) is 0. The van der Waals surface area contributed by atoms with Crippen molar-refractivity contribution in [3.8, 4) is 5.75 Å². The minimum atomic E-state index is -0.133. The molecule has 0 saturated heterocycles. The van der Waals surface area contributed by atoms with E-state index in [1.807, 2.05) is 19.1 Å². The first-order valence-electron chi connectivity index (χ1n) is 6.39. The normalized spacial score (nSPS) is 23.8. The minimum absolute atomic E-state index is 0.133. The third-order valence-corrected chi connectivity index (χ3v) is 3.94. The first-order valence-corrected chi connectivity index (χ1v) is 6.76. The Morgan fingerprint density at radius 1 is 1.28 bits per heavy atom. The van der Waals surface area contributed by atoms with Crippen molar-refractivity contribution < 1.29 is 9.84 Å². The van der Waals surface area contributed by atoms with Gasteiger partial charge in [0.15, 0.2) is 0 Å². The van der Waals surface area contributed by atoms with Gasteiger partial charge in [-0.25, -0.2) is 0 Å². The monoisotopic (exact) mass is 269 g/mol. The second-order valence-corrected chi connectivity index (χ2v) is 5.36. The molecule has 0 radical (unpaired) electrons. The number of nitrogens with one attached hydrogen (secondary N) is 1. The van der Waals surface area contributed by atoms with Crippen LogP contribution in [0, 0.1) is 6.92 Å². The summed E-state index contributed by atoms with van der Waals surface area (Å²) < 4.78 is 5.37. The van der Waals surface area contributed by atoms with Crippen LogP contribution in [0.2, 0.25) is 5.02 Å². The zero-order valence-corrected chi connectivity index (χ0v) is 11.6.